The van der Waals surface area contributed by atoms with Crippen LogP contribution < -0.4 is 0 Å². The van der Waals surface area contributed by atoms with Crippen molar-refractivity contribution >= 4 is 43.6 Å². The number of fused-ring (bicyclic) bond motifs is 6. The summed E-state index contributed by atoms with van der Waals surface area (Å²) in [4.78, 5) is 10.6. The Morgan fingerprint density at radius 1 is 0.321 bits per heavy atom. The van der Waals surface area contributed by atoms with Crippen molar-refractivity contribution < 1.29 is 0 Å². The Kier molecular flexibility index (Phi) is 7.46. The van der Waals surface area contributed by atoms with Gasteiger partial charge in [-0.3, -0.25) is 4.57 Å². The quantitative estimate of drug-likeness (QED) is 0.172. The van der Waals surface area contributed by atoms with E-state index in [-0.39, 0.29) is 0 Å². The monoisotopic (exact) mass is 714 g/mol. The van der Waals surface area contributed by atoms with Crippen molar-refractivity contribution in [3.05, 3.63) is 206 Å². The van der Waals surface area contributed by atoms with E-state index in [9.17, 15) is 0 Å². The molecule has 0 radical (unpaired) electrons. The van der Waals surface area contributed by atoms with Crippen LogP contribution in [-0.2, 0) is 0 Å². The summed E-state index contributed by atoms with van der Waals surface area (Å²) < 4.78 is 4.66. The third-order valence-corrected chi connectivity index (χ3v) is 11.0. The molecular formula is C52H34N4. The van der Waals surface area contributed by atoms with Crippen molar-refractivity contribution in [3.63, 3.8) is 0 Å². The van der Waals surface area contributed by atoms with Crippen LogP contribution in [0.25, 0.3) is 100 Å². The van der Waals surface area contributed by atoms with E-state index in [1.807, 2.05) is 12.1 Å². The third-order valence-electron chi connectivity index (χ3n) is 11.0. The van der Waals surface area contributed by atoms with Crippen LogP contribution in [-0.4, -0.2) is 19.1 Å². The van der Waals surface area contributed by atoms with Gasteiger partial charge in [-0.15, -0.1) is 0 Å². The highest BCUT2D eigenvalue weighted by molar-refractivity contribution is 6.24. The molecule has 56 heavy (non-hydrogen) atoms. The Balaban J connectivity index is 1.27. The second kappa shape index (κ2) is 13.1. The number of nitrogens with zero attached hydrogens (tertiary/aromatic N) is 4. The SMILES string of the molecule is c1ccc(-c2cc(-c3ccccc3)nc(-n3c4ccccc4c4c(-c5c(-c6ccccc6)ccc6c5c5ccccc5n6-c5ccccc5)cccc43)n2)cc1. The van der Waals surface area contributed by atoms with Crippen LogP contribution in [0, 0.1) is 0 Å². The maximum absolute atomic E-state index is 5.32. The van der Waals surface area contributed by atoms with E-state index in [2.05, 4.69) is 203 Å². The molecule has 0 saturated heterocycles. The van der Waals surface area contributed by atoms with Crippen molar-refractivity contribution in [2.75, 3.05) is 0 Å². The Morgan fingerprint density at radius 3 is 1.43 bits per heavy atom. The summed E-state index contributed by atoms with van der Waals surface area (Å²) in [5, 5.41) is 4.75. The molecule has 3 aromatic heterocycles. The lowest BCUT2D eigenvalue weighted by atomic mass is 9.88. The van der Waals surface area contributed by atoms with Gasteiger partial charge in [-0.1, -0.05) is 164 Å². The zero-order valence-electron chi connectivity index (χ0n) is 30.4. The van der Waals surface area contributed by atoms with Gasteiger partial charge in [-0.25, -0.2) is 9.97 Å². The molecule has 0 bridgehead atoms. The molecule has 0 aliphatic carbocycles. The second-order valence-electron chi connectivity index (χ2n) is 14.2. The lowest BCUT2D eigenvalue weighted by Crippen LogP contribution is -2.04. The zero-order chi connectivity index (χ0) is 37.0. The van der Waals surface area contributed by atoms with E-state index < -0.39 is 0 Å². The van der Waals surface area contributed by atoms with Gasteiger partial charge >= 0.3 is 0 Å². The number of aromatic nitrogens is 4. The lowest BCUT2D eigenvalue weighted by Gasteiger charge is -2.16. The standard InChI is InChI=1S/C52H34N4/c1-5-18-35(19-6-1)39-32-33-48-51(41-27-14-15-29-45(41)55(48)38-24-11-4-12-25-38)50(39)42-28-17-31-47-49(42)40-26-13-16-30-46(40)56(47)52-53-43(36-20-7-2-8-21-36)34-44(54-52)37-22-9-3-10-23-37/h1-34H. The fourth-order valence-electron chi connectivity index (χ4n) is 8.54. The molecule has 3 heterocycles. The summed E-state index contributed by atoms with van der Waals surface area (Å²) in [6, 6.07) is 73.2. The molecule has 8 aromatic carbocycles. The summed E-state index contributed by atoms with van der Waals surface area (Å²) in [6.07, 6.45) is 0. The first kappa shape index (κ1) is 31.9. The van der Waals surface area contributed by atoms with Crippen molar-refractivity contribution in [1.29, 1.82) is 0 Å². The molecular weight excluding hydrogens is 681 g/mol. The predicted octanol–water partition coefficient (Wildman–Crippen LogP) is 13.3. The van der Waals surface area contributed by atoms with E-state index in [1.54, 1.807) is 0 Å². The molecule has 0 atom stereocenters. The number of hydrogen-bond acceptors (Lipinski definition) is 2. The molecule has 11 rings (SSSR count). The Hall–Kier alpha value is -7.56. The molecule has 0 unspecified atom stereocenters. The highest BCUT2D eigenvalue weighted by Crippen LogP contribution is 2.47. The van der Waals surface area contributed by atoms with E-state index in [1.165, 1.54) is 49.4 Å². The normalized spacial score (nSPS) is 11.6. The number of rotatable bonds is 6. The molecule has 262 valence electrons. The first-order valence-electron chi connectivity index (χ1n) is 19.0. The van der Waals surface area contributed by atoms with Gasteiger partial charge < -0.3 is 4.57 Å². The van der Waals surface area contributed by atoms with Crippen LogP contribution in [0.15, 0.2) is 206 Å². The van der Waals surface area contributed by atoms with E-state index in [4.69, 9.17) is 9.97 Å². The predicted molar refractivity (Wildman–Crippen MR) is 232 cm³/mol. The topological polar surface area (TPSA) is 35.6 Å². The number of benzene rings is 8. The maximum Gasteiger partial charge on any atom is 0.235 e. The summed E-state index contributed by atoms with van der Waals surface area (Å²) in [5.41, 5.74) is 14.2. The largest absolute Gasteiger partial charge is 0.309 e. The van der Waals surface area contributed by atoms with Gasteiger partial charge in [0.05, 0.1) is 33.5 Å². The Morgan fingerprint density at radius 2 is 0.804 bits per heavy atom. The molecule has 0 fully saturated rings. The molecule has 4 nitrogen and oxygen atoms in total. The van der Waals surface area contributed by atoms with Crippen molar-refractivity contribution in [2.45, 2.75) is 0 Å². The average Bonchev–Trinajstić information content (AvgIpc) is 3.80. The third kappa shape index (κ3) is 5.08. The van der Waals surface area contributed by atoms with Gasteiger partial charge in [-0.2, -0.15) is 0 Å². The van der Waals surface area contributed by atoms with Crippen LogP contribution in [0.4, 0.5) is 0 Å². The molecule has 0 N–H and O–H groups in total. The molecule has 11 aromatic rings. The summed E-state index contributed by atoms with van der Waals surface area (Å²) in [7, 11) is 0. The smallest absolute Gasteiger partial charge is 0.235 e. The maximum atomic E-state index is 5.32. The first-order valence-corrected chi connectivity index (χ1v) is 19.0. The van der Waals surface area contributed by atoms with Crippen molar-refractivity contribution in [3.8, 4) is 56.4 Å². The molecule has 0 spiro atoms. The van der Waals surface area contributed by atoms with Gasteiger partial charge in [0, 0.05) is 43.9 Å². The summed E-state index contributed by atoms with van der Waals surface area (Å²) >= 11 is 0. The summed E-state index contributed by atoms with van der Waals surface area (Å²) in [5.74, 6) is 0.635. The first-order chi connectivity index (χ1) is 27.8. The fourth-order valence-corrected chi connectivity index (χ4v) is 8.54. The Labute approximate surface area is 324 Å². The number of para-hydroxylation sites is 3. The van der Waals surface area contributed by atoms with E-state index in [0.29, 0.717) is 5.95 Å². The minimum atomic E-state index is 0.635. The van der Waals surface area contributed by atoms with Gasteiger partial charge in [0.15, 0.2) is 0 Å². The van der Waals surface area contributed by atoms with Crippen LogP contribution in [0.1, 0.15) is 0 Å². The molecule has 0 saturated carbocycles. The van der Waals surface area contributed by atoms with E-state index in [0.717, 1.165) is 44.6 Å². The summed E-state index contributed by atoms with van der Waals surface area (Å²) in [6.45, 7) is 0. The van der Waals surface area contributed by atoms with Gasteiger partial charge in [0.2, 0.25) is 5.95 Å². The van der Waals surface area contributed by atoms with Crippen molar-refractivity contribution in [1.82, 2.24) is 19.1 Å². The van der Waals surface area contributed by atoms with Gasteiger partial charge in [0.1, 0.15) is 0 Å². The minimum Gasteiger partial charge on any atom is -0.309 e. The molecule has 0 aliphatic rings. The van der Waals surface area contributed by atoms with Crippen LogP contribution >= 0.6 is 0 Å². The average molecular weight is 715 g/mol. The fraction of sp³-hybridized carbons (Fsp3) is 0. The van der Waals surface area contributed by atoms with Crippen LogP contribution in [0.5, 0.6) is 0 Å². The van der Waals surface area contributed by atoms with Crippen LogP contribution in [0.3, 0.4) is 0 Å². The van der Waals surface area contributed by atoms with Gasteiger partial charge in [0.25, 0.3) is 0 Å². The zero-order valence-corrected chi connectivity index (χ0v) is 30.4. The van der Waals surface area contributed by atoms with Crippen LogP contribution in [0.2, 0.25) is 0 Å². The van der Waals surface area contributed by atoms with E-state index >= 15 is 0 Å². The molecule has 0 amide bonds. The Bertz CT molecular complexity index is 3160. The number of hydrogen-bond donors (Lipinski definition) is 0. The lowest BCUT2D eigenvalue weighted by molar-refractivity contribution is 0.995. The minimum absolute atomic E-state index is 0.635. The van der Waals surface area contributed by atoms with Crippen molar-refractivity contribution in [2.24, 2.45) is 0 Å². The molecule has 4 heteroatoms. The second-order valence-corrected chi connectivity index (χ2v) is 14.2. The highest BCUT2D eigenvalue weighted by atomic mass is 15.2. The highest BCUT2D eigenvalue weighted by Gasteiger charge is 2.24. The molecule has 0 aliphatic heterocycles. The van der Waals surface area contributed by atoms with Gasteiger partial charge in [-0.05, 0) is 59.2 Å².